The fourth-order valence-corrected chi connectivity index (χ4v) is 2.60. The number of aromatic nitrogens is 1. The summed E-state index contributed by atoms with van der Waals surface area (Å²) in [4.78, 5) is 11.7. The molecular formula is C12H18BrN3O. The highest BCUT2D eigenvalue weighted by molar-refractivity contribution is 9.10. The normalized spacial score (nSPS) is 20.4. The molecule has 1 unspecified atom stereocenters. The van der Waals surface area contributed by atoms with E-state index in [2.05, 4.69) is 44.3 Å². The molecular weight excluding hydrogens is 282 g/mol. The third kappa shape index (κ3) is 2.90. The Morgan fingerprint density at radius 3 is 3.06 bits per heavy atom. The van der Waals surface area contributed by atoms with Crippen molar-refractivity contribution >= 4 is 27.4 Å². The SMILES string of the molecule is CONc1ncc(Br)cc1N1CCCCC1C. The first-order chi connectivity index (χ1) is 8.22. The molecule has 0 radical (unpaired) electrons. The minimum absolute atomic E-state index is 0.553. The second-order valence-electron chi connectivity index (χ2n) is 4.37. The van der Waals surface area contributed by atoms with Crippen LogP contribution < -0.4 is 10.4 Å². The van der Waals surface area contributed by atoms with Gasteiger partial charge in [0.2, 0.25) is 0 Å². The van der Waals surface area contributed by atoms with Crippen LogP contribution >= 0.6 is 15.9 Å². The molecule has 1 aliphatic rings. The summed E-state index contributed by atoms with van der Waals surface area (Å²) in [6.07, 6.45) is 5.56. The molecule has 5 heteroatoms. The van der Waals surface area contributed by atoms with Crippen molar-refractivity contribution in [3.63, 3.8) is 0 Å². The van der Waals surface area contributed by atoms with Gasteiger partial charge in [-0.1, -0.05) is 0 Å². The molecule has 17 heavy (non-hydrogen) atoms. The minimum atomic E-state index is 0.553. The number of hydrogen-bond acceptors (Lipinski definition) is 4. The highest BCUT2D eigenvalue weighted by Crippen LogP contribution is 2.32. The fourth-order valence-electron chi connectivity index (χ4n) is 2.28. The number of anilines is 2. The van der Waals surface area contributed by atoms with E-state index in [9.17, 15) is 0 Å². The maximum atomic E-state index is 4.98. The molecule has 2 heterocycles. The second-order valence-corrected chi connectivity index (χ2v) is 5.28. The van der Waals surface area contributed by atoms with Crippen LogP contribution in [0.3, 0.4) is 0 Å². The summed E-state index contributed by atoms with van der Waals surface area (Å²) >= 11 is 3.48. The van der Waals surface area contributed by atoms with Gasteiger partial charge in [0.25, 0.3) is 0 Å². The summed E-state index contributed by atoms with van der Waals surface area (Å²) in [7, 11) is 1.60. The van der Waals surface area contributed by atoms with Crippen LogP contribution in [0.4, 0.5) is 11.5 Å². The Hall–Kier alpha value is -0.810. The number of pyridine rings is 1. The van der Waals surface area contributed by atoms with Crippen LogP contribution in [0.1, 0.15) is 26.2 Å². The van der Waals surface area contributed by atoms with E-state index in [0.717, 1.165) is 22.5 Å². The quantitative estimate of drug-likeness (QED) is 0.870. The molecule has 1 atom stereocenters. The van der Waals surface area contributed by atoms with Crippen LogP contribution in [-0.4, -0.2) is 24.7 Å². The second kappa shape index (κ2) is 5.69. The average Bonchev–Trinajstić information content (AvgIpc) is 2.32. The summed E-state index contributed by atoms with van der Waals surface area (Å²) < 4.78 is 0.993. The van der Waals surface area contributed by atoms with Gasteiger partial charge in [-0.25, -0.2) is 10.5 Å². The Kier molecular flexibility index (Phi) is 4.23. The summed E-state index contributed by atoms with van der Waals surface area (Å²) in [6.45, 7) is 3.34. The largest absolute Gasteiger partial charge is 0.366 e. The predicted molar refractivity (Wildman–Crippen MR) is 73.2 cm³/mol. The fraction of sp³-hybridized carbons (Fsp3) is 0.583. The number of piperidine rings is 1. The Bertz CT molecular complexity index is 386. The van der Waals surface area contributed by atoms with Gasteiger partial charge in [0.05, 0.1) is 12.8 Å². The molecule has 2 rings (SSSR count). The van der Waals surface area contributed by atoms with Gasteiger partial charge in [-0.2, -0.15) is 0 Å². The van der Waals surface area contributed by atoms with Crippen LogP contribution in [0.5, 0.6) is 0 Å². The molecule has 1 saturated heterocycles. The molecule has 1 aromatic heterocycles. The third-order valence-corrected chi connectivity index (χ3v) is 3.58. The van der Waals surface area contributed by atoms with Crippen molar-refractivity contribution < 1.29 is 4.84 Å². The lowest BCUT2D eigenvalue weighted by atomic mass is 10.0. The van der Waals surface area contributed by atoms with Crippen molar-refractivity contribution in [3.8, 4) is 0 Å². The summed E-state index contributed by atoms with van der Waals surface area (Å²) in [5.74, 6) is 0.782. The lowest BCUT2D eigenvalue weighted by Crippen LogP contribution is -2.38. The maximum Gasteiger partial charge on any atom is 0.173 e. The summed E-state index contributed by atoms with van der Waals surface area (Å²) in [5, 5.41) is 0. The van der Waals surface area contributed by atoms with Crippen LogP contribution in [0, 0.1) is 0 Å². The molecule has 0 aliphatic carbocycles. The van der Waals surface area contributed by atoms with Gasteiger partial charge in [-0.3, -0.25) is 4.84 Å². The molecule has 0 aromatic carbocycles. The summed E-state index contributed by atoms with van der Waals surface area (Å²) in [5.41, 5.74) is 3.95. The van der Waals surface area contributed by atoms with E-state index in [1.54, 1.807) is 13.3 Å². The van der Waals surface area contributed by atoms with Crippen LogP contribution in [0.15, 0.2) is 16.7 Å². The standard InChI is InChI=1S/C12H18BrN3O/c1-9-5-3-4-6-16(9)11-7-10(13)8-14-12(11)15-17-2/h7-9H,3-6H2,1-2H3,(H,14,15). The van der Waals surface area contributed by atoms with E-state index in [1.807, 2.05) is 0 Å². The van der Waals surface area contributed by atoms with Crippen molar-refractivity contribution in [1.29, 1.82) is 0 Å². The average molecular weight is 300 g/mol. The van der Waals surface area contributed by atoms with E-state index < -0.39 is 0 Å². The van der Waals surface area contributed by atoms with Gasteiger partial charge < -0.3 is 4.90 Å². The van der Waals surface area contributed by atoms with Gasteiger partial charge in [0.1, 0.15) is 0 Å². The number of nitrogens with zero attached hydrogens (tertiary/aromatic N) is 2. The van der Waals surface area contributed by atoms with Crippen molar-refractivity contribution in [2.24, 2.45) is 0 Å². The Morgan fingerprint density at radius 1 is 1.53 bits per heavy atom. The van der Waals surface area contributed by atoms with Crippen molar-refractivity contribution in [3.05, 3.63) is 16.7 Å². The van der Waals surface area contributed by atoms with Gasteiger partial charge in [0, 0.05) is 23.3 Å². The van der Waals surface area contributed by atoms with Crippen LogP contribution in [-0.2, 0) is 4.84 Å². The lowest BCUT2D eigenvalue weighted by molar-refractivity contribution is 0.269. The van der Waals surface area contributed by atoms with Gasteiger partial charge in [0.15, 0.2) is 5.82 Å². The number of hydrogen-bond donors (Lipinski definition) is 1. The first-order valence-corrected chi connectivity index (χ1v) is 6.73. The molecule has 1 aliphatic heterocycles. The number of nitrogens with one attached hydrogen (secondary N) is 1. The summed E-state index contributed by atoms with van der Waals surface area (Å²) in [6, 6.07) is 2.65. The first kappa shape index (κ1) is 12.6. The zero-order chi connectivity index (χ0) is 12.3. The van der Waals surface area contributed by atoms with E-state index in [4.69, 9.17) is 4.84 Å². The topological polar surface area (TPSA) is 37.4 Å². The van der Waals surface area contributed by atoms with Crippen molar-refractivity contribution in [2.75, 3.05) is 24.0 Å². The number of rotatable bonds is 3. The van der Waals surface area contributed by atoms with Gasteiger partial charge >= 0.3 is 0 Å². The highest BCUT2D eigenvalue weighted by atomic mass is 79.9. The molecule has 0 spiro atoms. The van der Waals surface area contributed by atoms with Crippen LogP contribution in [0.2, 0.25) is 0 Å². The minimum Gasteiger partial charge on any atom is -0.366 e. The number of halogens is 1. The van der Waals surface area contributed by atoms with Gasteiger partial charge in [-0.15, -0.1) is 0 Å². The highest BCUT2D eigenvalue weighted by Gasteiger charge is 2.21. The first-order valence-electron chi connectivity index (χ1n) is 5.93. The third-order valence-electron chi connectivity index (χ3n) is 3.15. The predicted octanol–water partition coefficient (Wildman–Crippen LogP) is 3.20. The Labute approximate surface area is 110 Å². The van der Waals surface area contributed by atoms with E-state index in [0.29, 0.717) is 6.04 Å². The molecule has 1 fully saturated rings. The Balaban J connectivity index is 2.30. The maximum absolute atomic E-state index is 4.98. The molecule has 94 valence electrons. The van der Waals surface area contributed by atoms with Crippen LogP contribution in [0.25, 0.3) is 0 Å². The zero-order valence-electron chi connectivity index (χ0n) is 10.2. The van der Waals surface area contributed by atoms with E-state index in [-0.39, 0.29) is 0 Å². The van der Waals surface area contributed by atoms with Crippen molar-refractivity contribution in [2.45, 2.75) is 32.2 Å². The Morgan fingerprint density at radius 2 is 2.35 bits per heavy atom. The molecule has 1 aromatic rings. The monoisotopic (exact) mass is 299 g/mol. The molecule has 4 nitrogen and oxygen atoms in total. The smallest absolute Gasteiger partial charge is 0.173 e. The molecule has 0 saturated carbocycles. The van der Waals surface area contributed by atoms with E-state index >= 15 is 0 Å². The molecule has 0 amide bonds. The van der Waals surface area contributed by atoms with Gasteiger partial charge in [-0.05, 0) is 48.2 Å². The lowest BCUT2D eigenvalue weighted by Gasteiger charge is -2.36. The van der Waals surface area contributed by atoms with Crippen molar-refractivity contribution in [1.82, 2.24) is 4.98 Å². The molecule has 1 N–H and O–H groups in total. The zero-order valence-corrected chi connectivity index (χ0v) is 11.8. The molecule has 0 bridgehead atoms. The van der Waals surface area contributed by atoms with E-state index in [1.165, 1.54) is 19.3 Å².